The van der Waals surface area contributed by atoms with Gasteiger partial charge in [0.05, 0.1) is 0 Å². The van der Waals surface area contributed by atoms with E-state index < -0.39 is 0 Å². The van der Waals surface area contributed by atoms with Crippen LogP contribution in [0.25, 0.3) is 0 Å². The van der Waals surface area contributed by atoms with Crippen LogP contribution < -0.4 is 4.90 Å². The van der Waals surface area contributed by atoms with Crippen molar-refractivity contribution in [2.24, 2.45) is 0 Å². The van der Waals surface area contributed by atoms with Gasteiger partial charge in [0.1, 0.15) is 0 Å². The van der Waals surface area contributed by atoms with Crippen molar-refractivity contribution in [2.45, 2.75) is 12.8 Å². The van der Waals surface area contributed by atoms with E-state index in [0.29, 0.717) is 11.8 Å². The second-order valence-corrected chi connectivity index (χ2v) is 3.60. The Morgan fingerprint density at radius 2 is 2.12 bits per heavy atom. The van der Waals surface area contributed by atoms with Crippen molar-refractivity contribution >= 4 is 5.95 Å². The Hall–Kier alpha value is -2.05. The molecule has 2 rings (SSSR count). The van der Waals surface area contributed by atoms with Crippen molar-refractivity contribution in [2.75, 3.05) is 18.5 Å². The SMILES string of the molecule is CC(CN(C)c1ncccn1)c1nn[nH]n1. The summed E-state index contributed by atoms with van der Waals surface area (Å²) in [6.07, 6.45) is 3.44. The van der Waals surface area contributed by atoms with Gasteiger partial charge >= 0.3 is 0 Å². The fourth-order valence-corrected chi connectivity index (χ4v) is 1.44. The third kappa shape index (κ3) is 2.30. The zero-order valence-corrected chi connectivity index (χ0v) is 9.20. The molecule has 84 valence electrons. The van der Waals surface area contributed by atoms with Crippen LogP contribution in [-0.4, -0.2) is 44.2 Å². The first kappa shape index (κ1) is 10.5. The van der Waals surface area contributed by atoms with Crippen LogP contribution in [0.15, 0.2) is 18.5 Å². The topological polar surface area (TPSA) is 83.5 Å². The number of hydrogen-bond donors (Lipinski definition) is 1. The molecule has 0 aliphatic carbocycles. The smallest absolute Gasteiger partial charge is 0.224 e. The maximum atomic E-state index is 4.16. The number of H-pyrrole nitrogens is 1. The molecule has 0 saturated heterocycles. The summed E-state index contributed by atoms with van der Waals surface area (Å²) in [5.41, 5.74) is 0. The van der Waals surface area contributed by atoms with E-state index in [4.69, 9.17) is 0 Å². The highest BCUT2D eigenvalue weighted by molar-refractivity contribution is 5.27. The Morgan fingerprint density at radius 1 is 1.38 bits per heavy atom. The highest BCUT2D eigenvalue weighted by Gasteiger charge is 2.14. The molecule has 0 radical (unpaired) electrons. The Morgan fingerprint density at radius 3 is 2.75 bits per heavy atom. The molecule has 0 aliphatic rings. The van der Waals surface area contributed by atoms with Crippen molar-refractivity contribution in [1.82, 2.24) is 30.6 Å². The largest absolute Gasteiger partial charge is 0.343 e. The van der Waals surface area contributed by atoms with Crippen molar-refractivity contribution in [1.29, 1.82) is 0 Å². The number of likely N-dealkylation sites (N-methyl/N-ethyl adjacent to an activating group) is 1. The summed E-state index contributed by atoms with van der Waals surface area (Å²) in [6.45, 7) is 2.77. The number of nitrogens with one attached hydrogen (secondary N) is 1. The Kier molecular flexibility index (Phi) is 3.04. The van der Waals surface area contributed by atoms with Crippen molar-refractivity contribution in [3.8, 4) is 0 Å². The lowest BCUT2D eigenvalue weighted by Gasteiger charge is -2.19. The number of anilines is 1. The zero-order valence-electron chi connectivity index (χ0n) is 9.20. The van der Waals surface area contributed by atoms with E-state index in [1.165, 1.54) is 0 Å². The van der Waals surface area contributed by atoms with Crippen LogP contribution in [0.3, 0.4) is 0 Å². The minimum Gasteiger partial charge on any atom is -0.343 e. The molecular formula is C9H13N7. The van der Waals surface area contributed by atoms with E-state index in [2.05, 4.69) is 30.6 Å². The van der Waals surface area contributed by atoms with Gasteiger partial charge in [0.2, 0.25) is 5.95 Å². The van der Waals surface area contributed by atoms with Crippen LogP contribution in [-0.2, 0) is 0 Å². The second kappa shape index (κ2) is 4.65. The molecule has 0 amide bonds. The molecule has 1 N–H and O–H groups in total. The predicted octanol–water partition coefficient (Wildman–Crippen LogP) is 0.230. The number of tetrazole rings is 1. The molecule has 0 aliphatic heterocycles. The molecule has 0 spiro atoms. The highest BCUT2D eigenvalue weighted by Crippen LogP contribution is 2.12. The minimum atomic E-state index is 0.174. The Balaban J connectivity index is 2.00. The van der Waals surface area contributed by atoms with Gasteiger partial charge in [-0.1, -0.05) is 12.1 Å². The summed E-state index contributed by atoms with van der Waals surface area (Å²) in [6, 6.07) is 1.79. The van der Waals surface area contributed by atoms with E-state index in [-0.39, 0.29) is 5.92 Å². The van der Waals surface area contributed by atoms with Gasteiger partial charge in [-0.25, -0.2) is 9.97 Å². The zero-order chi connectivity index (χ0) is 11.4. The second-order valence-electron chi connectivity index (χ2n) is 3.60. The van der Waals surface area contributed by atoms with Gasteiger partial charge in [-0.05, 0) is 6.07 Å². The number of aromatic amines is 1. The molecule has 0 aromatic carbocycles. The molecule has 2 aromatic heterocycles. The molecule has 16 heavy (non-hydrogen) atoms. The van der Waals surface area contributed by atoms with Crippen molar-refractivity contribution < 1.29 is 0 Å². The molecule has 7 heteroatoms. The molecule has 1 atom stereocenters. The van der Waals surface area contributed by atoms with Crippen LogP contribution in [0.5, 0.6) is 0 Å². The van der Waals surface area contributed by atoms with Crippen LogP contribution in [0, 0.1) is 0 Å². The van der Waals surface area contributed by atoms with Gasteiger partial charge in [-0.2, -0.15) is 5.21 Å². The normalized spacial score (nSPS) is 12.4. The monoisotopic (exact) mass is 219 g/mol. The van der Waals surface area contributed by atoms with Crippen molar-refractivity contribution in [3.63, 3.8) is 0 Å². The van der Waals surface area contributed by atoms with Crippen LogP contribution in [0.2, 0.25) is 0 Å². The first-order valence-corrected chi connectivity index (χ1v) is 4.99. The minimum absolute atomic E-state index is 0.174. The average molecular weight is 219 g/mol. The molecule has 0 bridgehead atoms. The molecule has 0 saturated carbocycles. The molecule has 2 heterocycles. The summed E-state index contributed by atoms with van der Waals surface area (Å²) in [5.74, 6) is 1.56. The van der Waals surface area contributed by atoms with Gasteiger partial charge in [-0.15, -0.1) is 10.2 Å². The van der Waals surface area contributed by atoms with Crippen LogP contribution in [0.4, 0.5) is 5.95 Å². The van der Waals surface area contributed by atoms with E-state index in [0.717, 1.165) is 6.54 Å². The Labute approximate surface area is 92.9 Å². The third-order valence-corrected chi connectivity index (χ3v) is 2.24. The molecule has 2 aromatic rings. The predicted molar refractivity (Wildman–Crippen MR) is 57.9 cm³/mol. The highest BCUT2D eigenvalue weighted by atomic mass is 15.5. The van der Waals surface area contributed by atoms with Crippen LogP contribution in [0.1, 0.15) is 18.7 Å². The number of hydrogen-bond acceptors (Lipinski definition) is 6. The molecule has 7 nitrogen and oxygen atoms in total. The van der Waals surface area contributed by atoms with Gasteiger partial charge in [0.15, 0.2) is 5.82 Å². The maximum Gasteiger partial charge on any atom is 0.224 e. The van der Waals surface area contributed by atoms with Crippen molar-refractivity contribution in [3.05, 3.63) is 24.3 Å². The maximum absolute atomic E-state index is 4.16. The standard InChI is InChI=1S/C9H13N7/c1-7(8-12-14-15-13-8)6-16(2)9-10-4-3-5-11-9/h3-5,7H,6H2,1-2H3,(H,12,13,14,15). The van der Waals surface area contributed by atoms with Gasteiger partial charge < -0.3 is 4.90 Å². The van der Waals surface area contributed by atoms with Gasteiger partial charge in [0, 0.05) is 31.9 Å². The fourth-order valence-electron chi connectivity index (χ4n) is 1.44. The number of rotatable bonds is 4. The molecule has 0 fully saturated rings. The summed E-state index contributed by atoms with van der Waals surface area (Å²) in [4.78, 5) is 10.3. The molecular weight excluding hydrogens is 206 g/mol. The quantitative estimate of drug-likeness (QED) is 0.792. The van der Waals surface area contributed by atoms with Gasteiger partial charge in [0.25, 0.3) is 0 Å². The van der Waals surface area contributed by atoms with E-state index in [9.17, 15) is 0 Å². The first-order valence-electron chi connectivity index (χ1n) is 4.99. The van der Waals surface area contributed by atoms with Crippen LogP contribution >= 0.6 is 0 Å². The lowest BCUT2D eigenvalue weighted by atomic mass is 10.1. The third-order valence-electron chi connectivity index (χ3n) is 2.24. The average Bonchev–Trinajstić information content (AvgIpc) is 2.83. The first-order chi connectivity index (χ1) is 7.77. The van der Waals surface area contributed by atoms with E-state index >= 15 is 0 Å². The Bertz CT molecular complexity index is 413. The summed E-state index contributed by atoms with van der Waals surface area (Å²) in [7, 11) is 1.94. The van der Waals surface area contributed by atoms with Gasteiger partial charge in [-0.3, -0.25) is 0 Å². The van der Waals surface area contributed by atoms with E-state index in [1.807, 2.05) is 18.9 Å². The fraction of sp³-hybridized carbons (Fsp3) is 0.444. The lowest BCUT2D eigenvalue weighted by molar-refractivity contribution is 0.676. The summed E-state index contributed by atoms with van der Waals surface area (Å²) < 4.78 is 0. The lowest BCUT2D eigenvalue weighted by Crippen LogP contribution is -2.25. The van der Waals surface area contributed by atoms with E-state index in [1.54, 1.807) is 18.5 Å². The summed E-state index contributed by atoms with van der Waals surface area (Å²) >= 11 is 0. The number of nitrogens with zero attached hydrogens (tertiary/aromatic N) is 6. The summed E-state index contributed by atoms with van der Waals surface area (Å²) in [5, 5.41) is 13.9. The molecule has 1 unspecified atom stereocenters. The number of aromatic nitrogens is 6.